The molecule has 0 aliphatic rings. The van der Waals surface area contributed by atoms with Gasteiger partial charge in [-0.3, -0.25) is 19.7 Å². The number of furan rings is 1. The van der Waals surface area contributed by atoms with E-state index in [1.807, 2.05) is 25.1 Å². The van der Waals surface area contributed by atoms with Crippen molar-refractivity contribution in [1.29, 1.82) is 0 Å². The minimum absolute atomic E-state index is 0.0486. The zero-order chi connectivity index (χ0) is 21.1. The zero-order valence-electron chi connectivity index (χ0n) is 16.3. The van der Waals surface area contributed by atoms with E-state index < -0.39 is 23.4 Å². The van der Waals surface area contributed by atoms with Gasteiger partial charge >= 0.3 is 5.97 Å². The fourth-order valence-corrected chi connectivity index (χ4v) is 2.97. The first-order chi connectivity index (χ1) is 13.8. The second kappa shape index (κ2) is 8.14. The third kappa shape index (κ3) is 4.43. The van der Waals surface area contributed by atoms with Crippen LogP contribution in [-0.2, 0) is 20.7 Å². The lowest BCUT2D eigenvalue weighted by atomic mass is 10.1. The van der Waals surface area contributed by atoms with Crippen LogP contribution in [0.4, 0.5) is 11.4 Å². The number of nitro benzene ring substituents is 1. The van der Waals surface area contributed by atoms with Crippen LogP contribution in [0, 0.1) is 30.9 Å². The molecule has 0 aliphatic heterocycles. The quantitative estimate of drug-likeness (QED) is 0.383. The molecule has 150 valence electrons. The summed E-state index contributed by atoms with van der Waals surface area (Å²) >= 11 is 0. The standard InChI is InChI=1S/C21H20N2O6/c1-12-4-6-16-15(10-28-18(16)8-12)9-20(25)29-11-19(24)22-21-14(3)13(2)5-7-17(21)23(26)27/h4-8,10H,9,11H2,1-3H3,(H,22,24). The molecule has 0 spiro atoms. The number of hydrogen-bond acceptors (Lipinski definition) is 6. The molecule has 29 heavy (non-hydrogen) atoms. The summed E-state index contributed by atoms with van der Waals surface area (Å²) in [6.07, 6.45) is 1.44. The van der Waals surface area contributed by atoms with Crippen LogP contribution < -0.4 is 5.32 Å². The zero-order valence-corrected chi connectivity index (χ0v) is 16.3. The first kappa shape index (κ1) is 20.1. The second-order valence-corrected chi connectivity index (χ2v) is 6.80. The van der Waals surface area contributed by atoms with E-state index in [4.69, 9.17) is 9.15 Å². The largest absolute Gasteiger partial charge is 0.464 e. The Balaban J connectivity index is 1.63. The van der Waals surface area contributed by atoms with Gasteiger partial charge in [0.15, 0.2) is 6.61 Å². The van der Waals surface area contributed by atoms with Gasteiger partial charge in [0.1, 0.15) is 11.3 Å². The molecule has 0 fully saturated rings. The van der Waals surface area contributed by atoms with E-state index in [9.17, 15) is 19.7 Å². The maximum absolute atomic E-state index is 12.2. The Morgan fingerprint density at radius 3 is 2.66 bits per heavy atom. The molecule has 8 nitrogen and oxygen atoms in total. The smallest absolute Gasteiger partial charge is 0.310 e. The van der Waals surface area contributed by atoms with E-state index in [0.29, 0.717) is 16.7 Å². The molecule has 0 atom stereocenters. The van der Waals surface area contributed by atoms with Crippen LogP contribution >= 0.6 is 0 Å². The Kier molecular flexibility index (Phi) is 5.63. The fourth-order valence-electron chi connectivity index (χ4n) is 2.97. The molecule has 1 N–H and O–H groups in total. The molecule has 3 aromatic rings. The van der Waals surface area contributed by atoms with Gasteiger partial charge < -0.3 is 14.5 Å². The molecule has 8 heteroatoms. The van der Waals surface area contributed by atoms with Crippen molar-refractivity contribution in [3.05, 3.63) is 69.0 Å². The molecule has 0 saturated carbocycles. The minimum Gasteiger partial charge on any atom is -0.464 e. The van der Waals surface area contributed by atoms with E-state index in [1.54, 1.807) is 19.9 Å². The number of aryl methyl sites for hydroxylation is 2. The van der Waals surface area contributed by atoms with Crippen molar-refractivity contribution in [3.8, 4) is 0 Å². The second-order valence-electron chi connectivity index (χ2n) is 6.80. The summed E-state index contributed by atoms with van der Waals surface area (Å²) in [5.41, 5.74) is 3.64. The predicted octanol–water partition coefficient (Wildman–Crippen LogP) is 3.99. The number of carbonyl (C=O) groups excluding carboxylic acids is 2. The van der Waals surface area contributed by atoms with Crippen LogP contribution in [0.2, 0.25) is 0 Å². The van der Waals surface area contributed by atoms with Gasteiger partial charge in [0.25, 0.3) is 11.6 Å². The Bertz CT molecular complexity index is 1120. The Labute approximate surface area is 166 Å². The first-order valence-electron chi connectivity index (χ1n) is 8.93. The number of hydrogen-bond donors (Lipinski definition) is 1. The molecule has 1 aromatic heterocycles. The maximum atomic E-state index is 12.2. The third-order valence-corrected chi connectivity index (χ3v) is 4.69. The average Bonchev–Trinajstić information content (AvgIpc) is 3.05. The molecular formula is C21H20N2O6. The van der Waals surface area contributed by atoms with E-state index in [0.717, 1.165) is 16.5 Å². The summed E-state index contributed by atoms with van der Waals surface area (Å²) in [6, 6.07) is 8.59. The summed E-state index contributed by atoms with van der Waals surface area (Å²) < 4.78 is 10.5. The molecule has 0 aliphatic carbocycles. The van der Waals surface area contributed by atoms with Crippen molar-refractivity contribution < 1.29 is 23.7 Å². The van der Waals surface area contributed by atoms with Crippen LogP contribution in [-0.4, -0.2) is 23.4 Å². The van der Waals surface area contributed by atoms with Crippen LogP contribution in [0.3, 0.4) is 0 Å². The van der Waals surface area contributed by atoms with E-state index in [1.165, 1.54) is 12.3 Å². The molecule has 0 bridgehead atoms. The highest BCUT2D eigenvalue weighted by atomic mass is 16.6. The SMILES string of the molecule is Cc1ccc2c(CC(=O)OCC(=O)Nc3c([N+](=O)[O-])ccc(C)c3C)coc2c1. The highest BCUT2D eigenvalue weighted by molar-refractivity contribution is 5.96. The average molecular weight is 396 g/mol. The molecule has 1 heterocycles. The lowest BCUT2D eigenvalue weighted by Crippen LogP contribution is -2.22. The van der Waals surface area contributed by atoms with Crippen LogP contribution in [0.25, 0.3) is 11.0 Å². The van der Waals surface area contributed by atoms with Crippen molar-refractivity contribution in [3.63, 3.8) is 0 Å². The number of anilines is 1. The maximum Gasteiger partial charge on any atom is 0.310 e. The highest BCUT2D eigenvalue weighted by Gasteiger charge is 2.20. The van der Waals surface area contributed by atoms with Gasteiger partial charge in [0, 0.05) is 17.0 Å². The summed E-state index contributed by atoms with van der Waals surface area (Å²) in [7, 11) is 0. The monoisotopic (exact) mass is 396 g/mol. The fraction of sp³-hybridized carbons (Fsp3) is 0.238. The number of benzene rings is 2. The number of nitrogens with zero attached hydrogens (tertiary/aromatic N) is 1. The van der Waals surface area contributed by atoms with Gasteiger partial charge in [-0.1, -0.05) is 18.2 Å². The van der Waals surface area contributed by atoms with Crippen molar-refractivity contribution in [2.45, 2.75) is 27.2 Å². The third-order valence-electron chi connectivity index (χ3n) is 4.69. The molecular weight excluding hydrogens is 376 g/mol. The van der Waals surface area contributed by atoms with Gasteiger partial charge in [0.05, 0.1) is 17.6 Å². The van der Waals surface area contributed by atoms with E-state index >= 15 is 0 Å². The van der Waals surface area contributed by atoms with Crippen molar-refractivity contribution in [1.82, 2.24) is 0 Å². The Morgan fingerprint density at radius 1 is 1.17 bits per heavy atom. The summed E-state index contributed by atoms with van der Waals surface area (Å²) in [5, 5.41) is 14.5. The number of nitrogens with one attached hydrogen (secondary N) is 1. The molecule has 0 unspecified atom stereocenters. The summed E-state index contributed by atoms with van der Waals surface area (Å²) in [4.78, 5) is 34.9. The highest BCUT2D eigenvalue weighted by Crippen LogP contribution is 2.30. The number of ether oxygens (including phenoxy) is 1. The molecule has 2 aromatic carbocycles. The number of rotatable bonds is 6. The Morgan fingerprint density at radius 2 is 1.93 bits per heavy atom. The van der Waals surface area contributed by atoms with Crippen LogP contribution in [0.15, 0.2) is 41.0 Å². The predicted molar refractivity (Wildman–Crippen MR) is 107 cm³/mol. The topological polar surface area (TPSA) is 112 Å². The first-order valence-corrected chi connectivity index (χ1v) is 8.93. The van der Waals surface area contributed by atoms with E-state index in [2.05, 4.69) is 5.32 Å². The lowest BCUT2D eigenvalue weighted by Gasteiger charge is -2.11. The van der Waals surface area contributed by atoms with Gasteiger partial charge in [-0.15, -0.1) is 0 Å². The summed E-state index contributed by atoms with van der Waals surface area (Å²) in [5.74, 6) is -1.25. The molecule has 3 rings (SSSR count). The number of carbonyl (C=O) groups is 2. The normalized spacial score (nSPS) is 10.7. The lowest BCUT2D eigenvalue weighted by molar-refractivity contribution is -0.384. The van der Waals surface area contributed by atoms with Crippen molar-refractivity contribution in [2.75, 3.05) is 11.9 Å². The molecule has 1 amide bonds. The number of esters is 1. The van der Waals surface area contributed by atoms with E-state index in [-0.39, 0.29) is 17.8 Å². The van der Waals surface area contributed by atoms with Crippen molar-refractivity contribution in [2.24, 2.45) is 0 Å². The number of fused-ring (bicyclic) bond motifs is 1. The molecule has 0 saturated heterocycles. The number of amides is 1. The van der Waals surface area contributed by atoms with Gasteiger partial charge in [-0.05, 0) is 43.5 Å². The van der Waals surface area contributed by atoms with Crippen molar-refractivity contribution >= 4 is 34.2 Å². The summed E-state index contributed by atoms with van der Waals surface area (Å²) in [6.45, 7) is 4.86. The Hall–Kier alpha value is -3.68. The van der Waals surface area contributed by atoms with Gasteiger partial charge in [-0.25, -0.2) is 0 Å². The van der Waals surface area contributed by atoms with Crippen LogP contribution in [0.5, 0.6) is 0 Å². The van der Waals surface area contributed by atoms with Gasteiger partial charge in [-0.2, -0.15) is 0 Å². The number of nitro groups is 1. The van der Waals surface area contributed by atoms with Crippen LogP contribution in [0.1, 0.15) is 22.3 Å². The molecule has 0 radical (unpaired) electrons. The minimum atomic E-state index is -0.650. The van der Waals surface area contributed by atoms with Gasteiger partial charge in [0.2, 0.25) is 0 Å².